The van der Waals surface area contributed by atoms with E-state index < -0.39 is 0 Å². The summed E-state index contributed by atoms with van der Waals surface area (Å²) in [5, 5.41) is 5.10. The molecule has 0 radical (unpaired) electrons. The molecule has 2 aromatic carbocycles. The first-order valence-corrected chi connectivity index (χ1v) is 10.2. The zero-order valence-electron chi connectivity index (χ0n) is 16.3. The Hall–Kier alpha value is -3.70. The number of hydrogen-bond acceptors (Lipinski definition) is 3. The van der Waals surface area contributed by atoms with Crippen LogP contribution in [0.4, 0.5) is 0 Å². The van der Waals surface area contributed by atoms with Gasteiger partial charge in [-0.1, -0.05) is 48.5 Å². The molecule has 2 atom stereocenters. The molecular formula is C25H21N5. The summed E-state index contributed by atoms with van der Waals surface area (Å²) < 4.78 is 0. The summed E-state index contributed by atoms with van der Waals surface area (Å²) in [6.07, 6.45) is 6.51. The molecule has 3 aromatic heterocycles. The smallest absolute Gasteiger partial charge is 0.124 e. The summed E-state index contributed by atoms with van der Waals surface area (Å²) in [4.78, 5) is 16.1. The number of aromatic amines is 2. The van der Waals surface area contributed by atoms with Crippen molar-refractivity contribution in [3.05, 3.63) is 108 Å². The van der Waals surface area contributed by atoms with E-state index in [9.17, 15) is 0 Å². The van der Waals surface area contributed by atoms with Gasteiger partial charge in [-0.2, -0.15) is 0 Å². The first-order valence-electron chi connectivity index (χ1n) is 10.2. The van der Waals surface area contributed by atoms with Crippen molar-refractivity contribution in [1.82, 2.24) is 25.3 Å². The molecule has 0 aliphatic carbocycles. The molecule has 1 aliphatic heterocycles. The van der Waals surface area contributed by atoms with Crippen molar-refractivity contribution in [2.45, 2.75) is 18.5 Å². The third-order valence-electron chi connectivity index (χ3n) is 5.96. The van der Waals surface area contributed by atoms with Crippen molar-refractivity contribution in [3.8, 4) is 11.3 Å². The van der Waals surface area contributed by atoms with E-state index in [1.54, 1.807) is 0 Å². The van der Waals surface area contributed by atoms with E-state index in [0.717, 1.165) is 23.5 Å². The van der Waals surface area contributed by atoms with Gasteiger partial charge in [0, 0.05) is 29.0 Å². The minimum Gasteiger partial charge on any atom is -0.357 e. The topological polar surface area (TPSA) is 69.4 Å². The number of aromatic nitrogens is 4. The second-order valence-electron chi connectivity index (χ2n) is 7.75. The highest BCUT2D eigenvalue weighted by atomic mass is 15.1. The van der Waals surface area contributed by atoms with Gasteiger partial charge >= 0.3 is 0 Å². The van der Waals surface area contributed by atoms with Gasteiger partial charge in [-0.3, -0.25) is 10.3 Å². The molecule has 6 rings (SSSR count). The fourth-order valence-corrected chi connectivity index (χ4v) is 4.51. The number of imidazole rings is 1. The van der Waals surface area contributed by atoms with Gasteiger partial charge in [-0.05, 0) is 41.3 Å². The second kappa shape index (κ2) is 6.97. The Morgan fingerprint density at radius 3 is 2.50 bits per heavy atom. The summed E-state index contributed by atoms with van der Waals surface area (Å²) in [6, 6.07) is 23.2. The maximum absolute atomic E-state index is 4.74. The van der Waals surface area contributed by atoms with Crippen molar-refractivity contribution >= 4 is 10.9 Å². The summed E-state index contributed by atoms with van der Waals surface area (Å²) in [7, 11) is 0. The van der Waals surface area contributed by atoms with Gasteiger partial charge in [0.2, 0.25) is 0 Å². The van der Waals surface area contributed by atoms with Gasteiger partial charge in [-0.15, -0.1) is 0 Å². The van der Waals surface area contributed by atoms with Crippen LogP contribution >= 0.6 is 0 Å². The average molecular weight is 391 g/mol. The van der Waals surface area contributed by atoms with Crippen LogP contribution in [0.15, 0.2) is 85.3 Å². The zero-order chi connectivity index (χ0) is 19.9. The Morgan fingerprint density at radius 1 is 0.833 bits per heavy atom. The minimum atomic E-state index is 0.0550. The van der Waals surface area contributed by atoms with Gasteiger partial charge in [0.05, 0.1) is 24.0 Å². The maximum Gasteiger partial charge on any atom is 0.124 e. The predicted octanol–water partition coefficient (Wildman–Crippen LogP) is 4.93. The van der Waals surface area contributed by atoms with Crippen LogP contribution < -0.4 is 5.32 Å². The Kier molecular flexibility index (Phi) is 3.99. The molecule has 4 heterocycles. The van der Waals surface area contributed by atoms with Crippen molar-refractivity contribution in [1.29, 1.82) is 0 Å². The van der Waals surface area contributed by atoms with Crippen LogP contribution in [0, 0.1) is 0 Å². The SMILES string of the molecule is c1ccc(-c2cnc([C@@H]3Cc4c([nH]c5ccccc45)C(c4ccncc4)N3)[nH]2)cc1. The normalized spacial score (nSPS) is 18.4. The van der Waals surface area contributed by atoms with E-state index in [-0.39, 0.29) is 12.1 Å². The Morgan fingerprint density at radius 2 is 1.63 bits per heavy atom. The number of pyridine rings is 1. The average Bonchev–Trinajstić information content (AvgIpc) is 3.45. The quantitative estimate of drug-likeness (QED) is 0.408. The second-order valence-corrected chi connectivity index (χ2v) is 7.75. The van der Waals surface area contributed by atoms with Crippen LogP contribution in [-0.4, -0.2) is 19.9 Å². The highest BCUT2D eigenvalue weighted by Crippen LogP contribution is 2.38. The van der Waals surface area contributed by atoms with E-state index in [4.69, 9.17) is 4.98 Å². The number of hydrogen-bond donors (Lipinski definition) is 3. The largest absolute Gasteiger partial charge is 0.357 e. The number of nitrogens with one attached hydrogen (secondary N) is 3. The summed E-state index contributed by atoms with van der Waals surface area (Å²) in [5.74, 6) is 0.962. The molecular weight excluding hydrogens is 370 g/mol. The molecule has 0 fully saturated rings. The van der Waals surface area contributed by atoms with E-state index >= 15 is 0 Å². The highest BCUT2D eigenvalue weighted by molar-refractivity contribution is 5.85. The predicted molar refractivity (Wildman–Crippen MR) is 118 cm³/mol. The van der Waals surface area contributed by atoms with E-state index in [1.165, 1.54) is 27.7 Å². The van der Waals surface area contributed by atoms with Gasteiger partial charge in [0.15, 0.2) is 0 Å². The first kappa shape index (κ1) is 17.2. The summed E-state index contributed by atoms with van der Waals surface area (Å²) >= 11 is 0. The fourth-order valence-electron chi connectivity index (χ4n) is 4.51. The van der Waals surface area contributed by atoms with Crippen LogP contribution in [0.1, 0.15) is 34.7 Å². The third-order valence-corrected chi connectivity index (χ3v) is 5.96. The summed E-state index contributed by atoms with van der Waals surface area (Å²) in [5.41, 5.74) is 7.14. The van der Waals surface area contributed by atoms with Crippen LogP contribution in [0.25, 0.3) is 22.2 Å². The van der Waals surface area contributed by atoms with E-state index in [2.05, 4.69) is 68.8 Å². The van der Waals surface area contributed by atoms with E-state index in [1.807, 2.05) is 36.8 Å². The third kappa shape index (κ3) is 2.83. The van der Waals surface area contributed by atoms with Crippen LogP contribution in [0.5, 0.6) is 0 Å². The van der Waals surface area contributed by atoms with Gasteiger partial charge < -0.3 is 9.97 Å². The van der Waals surface area contributed by atoms with Crippen molar-refractivity contribution < 1.29 is 0 Å². The van der Waals surface area contributed by atoms with Crippen LogP contribution in [-0.2, 0) is 6.42 Å². The highest BCUT2D eigenvalue weighted by Gasteiger charge is 2.32. The monoisotopic (exact) mass is 391 g/mol. The Balaban J connectivity index is 1.44. The summed E-state index contributed by atoms with van der Waals surface area (Å²) in [6.45, 7) is 0. The lowest BCUT2D eigenvalue weighted by atomic mass is 9.90. The van der Waals surface area contributed by atoms with Gasteiger partial charge in [-0.25, -0.2) is 4.98 Å². The number of H-pyrrole nitrogens is 2. The number of fused-ring (bicyclic) bond motifs is 3. The van der Waals surface area contributed by atoms with E-state index in [0.29, 0.717) is 0 Å². The molecule has 5 heteroatoms. The maximum atomic E-state index is 4.74. The molecule has 0 amide bonds. The van der Waals surface area contributed by atoms with Crippen LogP contribution in [0.3, 0.4) is 0 Å². The molecule has 0 saturated heterocycles. The van der Waals surface area contributed by atoms with Crippen molar-refractivity contribution in [2.75, 3.05) is 0 Å². The van der Waals surface area contributed by atoms with Crippen molar-refractivity contribution in [2.24, 2.45) is 0 Å². The molecule has 0 saturated carbocycles. The van der Waals surface area contributed by atoms with Gasteiger partial charge in [0.1, 0.15) is 5.82 Å². The molecule has 5 nitrogen and oxygen atoms in total. The lowest BCUT2D eigenvalue weighted by Gasteiger charge is -2.30. The standard InChI is InChI=1S/C25H21N5/c1-2-6-16(7-3-1)22-15-27-25(30-22)21-14-19-18-8-4-5-9-20(18)28-24(19)23(29-21)17-10-12-26-13-11-17/h1-13,15,21,23,28-29H,14H2,(H,27,30)/t21-,23?/m0/s1. The lowest BCUT2D eigenvalue weighted by molar-refractivity contribution is 0.433. The van der Waals surface area contributed by atoms with Gasteiger partial charge in [0.25, 0.3) is 0 Å². The molecule has 0 spiro atoms. The number of benzene rings is 2. The minimum absolute atomic E-state index is 0.0550. The molecule has 0 bridgehead atoms. The Bertz CT molecular complexity index is 1300. The van der Waals surface area contributed by atoms with Crippen LogP contribution in [0.2, 0.25) is 0 Å². The number of rotatable bonds is 3. The lowest BCUT2D eigenvalue weighted by Crippen LogP contribution is -2.34. The molecule has 146 valence electrons. The fraction of sp³-hybridized carbons (Fsp3) is 0.120. The zero-order valence-corrected chi connectivity index (χ0v) is 16.3. The number of nitrogens with zero attached hydrogens (tertiary/aromatic N) is 2. The molecule has 1 aliphatic rings. The van der Waals surface area contributed by atoms with Crippen molar-refractivity contribution in [3.63, 3.8) is 0 Å². The molecule has 30 heavy (non-hydrogen) atoms. The number of para-hydroxylation sites is 1. The molecule has 1 unspecified atom stereocenters. The Labute approximate surface area is 174 Å². The molecule has 3 N–H and O–H groups in total. The first-order chi connectivity index (χ1) is 14.9. The molecule has 5 aromatic rings.